The normalized spacial score (nSPS) is 13.7. The van der Waals surface area contributed by atoms with Crippen LogP contribution in [0.15, 0.2) is 18.3 Å². The number of carbonyl (C=O) groups is 1. The summed E-state index contributed by atoms with van der Waals surface area (Å²) in [5, 5.41) is 0. The molecule has 2 atom stereocenters. The molecule has 2 N–H and O–H groups in total. The Bertz CT molecular complexity index is 392. The van der Waals surface area contributed by atoms with E-state index in [0.29, 0.717) is 24.0 Å². The topological polar surface area (TPSA) is 74.4 Å². The van der Waals surface area contributed by atoms with Crippen LogP contribution in [0.2, 0.25) is 0 Å². The van der Waals surface area contributed by atoms with Crippen LogP contribution >= 0.6 is 0 Å². The Morgan fingerprint density at radius 3 is 2.74 bits per heavy atom. The maximum absolute atomic E-state index is 11.3. The van der Waals surface area contributed by atoms with Crippen molar-refractivity contribution in [2.24, 2.45) is 11.7 Å². The van der Waals surface area contributed by atoms with Crippen molar-refractivity contribution < 1.29 is 14.3 Å². The third-order valence-electron chi connectivity index (χ3n) is 2.85. The zero-order chi connectivity index (χ0) is 14.3. The molecule has 1 rings (SSSR count). The van der Waals surface area contributed by atoms with Crippen molar-refractivity contribution >= 4 is 5.97 Å². The van der Waals surface area contributed by atoms with Gasteiger partial charge in [-0.25, -0.2) is 4.79 Å². The molecule has 1 aromatic rings. The standard InChI is InChI=1S/C14H22N2O3/c1-4-5-10(2)9-19-11-6-7-12(16-8-11)13(15)14(17)18-3/h6-8,10,13H,4-5,9,15H2,1-3H3. The quantitative estimate of drug-likeness (QED) is 0.765. The predicted molar refractivity (Wildman–Crippen MR) is 72.7 cm³/mol. The number of methoxy groups -OCH3 is 1. The lowest BCUT2D eigenvalue weighted by Gasteiger charge is -2.13. The number of pyridine rings is 1. The van der Waals surface area contributed by atoms with Crippen LogP contribution in [0.5, 0.6) is 5.75 Å². The molecule has 2 unspecified atom stereocenters. The Balaban J connectivity index is 2.54. The third kappa shape index (κ3) is 4.87. The highest BCUT2D eigenvalue weighted by molar-refractivity contribution is 5.76. The predicted octanol–water partition coefficient (Wildman–Crippen LogP) is 2.07. The molecule has 0 amide bonds. The molecule has 0 bridgehead atoms. The molecule has 19 heavy (non-hydrogen) atoms. The van der Waals surface area contributed by atoms with Gasteiger partial charge in [-0.3, -0.25) is 4.98 Å². The Morgan fingerprint density at radius 1 is 1.47 bits per heavy atom. The van der Waals surface area contributed by atoms with Crippen LogP contribution in [-0.4, -0.2) is 24.7 Å². The third-order valence-corrected chi connectivity index (χ3v) is 2.85. The molecule has 5 nitrogen and oxygen atoms in total. The van der Waals surface area contributed by atoms with Crippen LogP contribution in [0.25, 0.3) is 0 Å². The first-order chi connectivity index (χ1) is 9.08. The lowest BCUT2D eigenvalue weighted by Crippen LogP contribution is -2.23. The fourth-order valence-corrected chi connectivity index (χ4v) is 1.72. The first kappa shape index (κ1) is 15.4. The minimum atomic E-state index is -0.849. The highest BCUT2D eigenvalue weighted by atomic mass is 16.5. The summed E-state index contributed by atoms with van der Waals surface area (Å²) in [5.74, 6) is 0.698. The van der Waals surface area contributed by atoms with Crippen molar-refractivity contribution in [2.75, 3.05) is 13.7 Å². The van der Waals surface area contributed by atoms with E-state index in [-0.39, 0.29) is 0 Å². The zero-order valence-electron chi connectivity index (χ0n) is 11.8. The molecule has 0 radical (unpaired) electrons. The SMILES string of the molecule is CCCC(C)COc1ccc(C(N)C(=O)OC)nc1. The van der Waals surface area contributed by atoms with Crippen molar-refractivity contribution in [3.05, 3.63) is 24.0 Å². The maximum atomic E-state index is 11.3. The molecule has 1 heterocycles. The highest BCUT2D eigenvalue weighted by Gasteiger charge is 2.17. The lowest BCUT2D eigenvalue weighted by atomic mass is 10.1. The number of nitrogens with zero attached hydrogens (tertiary/aromatic N) is 1. The summed E-state index contributed by atoms with van der Waals surface area (Å²) in [4.78, 5) is 15.4. The molecule has 0 spiro atoms. The van der Waals surface area contributed by atoms with E-state index in [0.717, 1.165) is 12.8 Å². The zero-order valence-corrected chi connectivity index (χ0v) is 11.8. The van der Waals surface area contributed by atoms with Crippen molar-refractivity contribution in [3.63, 3.8) is 0 Å². The summed E-state index contributed by atoms with van der Waals surface area (Å²) in [6.45, 7) is 4.97. The van der Waals surface area contributed by atoms with Gasteiger partial charge in [-0.15, -0.1) is 0 Å². The van der Waals surface area contributed by atoms with E-state index < -0.39 is 12.0 Å². The summed E-state index contributed by atoms with van der Waals surface area (Å²) in [6.07, 6.45) is 3.87. The van der Waals surface area contributed by atoms with Gasteiger partial charge in [0.1, 0.15) is 11.8 Å². The monoisotopic (exact) mass is 266 g/mol. The van der Waals surface area contributed by atoms with Gasteiger partial charge in [0.2, 0.25) is 0 Å². The van der Waals surface area contributed by atoms with Gasteiger partial charge in [0.05, 0.1) is 25.6 Å². The number of rotatable bonds is 7. The first-order valence-electron chi connectivity index (χ1n) is 6.50. The van der Waals surface area contributed by atoms with E-state index in [1.54, 1.807) is 18.3 Å². The van der Waals surface area contributed by atoms with Crippen LogP contribution < -0.4 is 10.5 Å². The maximum Gasteiger partial charge on any atom is 0.328 e. The van der Waals surface area contributed by atoms with Crippen LogP contribution in [-0.2, 0) is 9.53 Å². The second-order valence-electron chi connectivity index (χ2n) is 4.62. The number of aromatic nitrogens is 1. The average Bonchev–Trinajstić information content (AvgIpc) is 2.44. The summed E-state index contributed by atoms with van der Waals surface area (Å²) in [7, 11) is 1.30. The lowest BCUT2D eigenvalue weighted by molar-refractivity contribution is -0.142. The Labute approximate surface area is 114 Å². The van der Waals surface area contributed by atoms with E-state index in [2.05, 4.69) is 23.6 Å². The molecule has 0 aliphatic rings. The van der Waals surface area contributed by atoms with Gasteiger partial charge in [0.25, 0.3) is 0 Å². The van der Waals surface area contributed by atoms with Gasteiger partial charge in [0, 0.05) is 0 Å². The van der Waals surface area contributed by atoms with E-state index >= 15 is 0 Å². The molecule has 0 fully saturated rings. The molecule has 106 valence electrons. The molecule has 5 heteroatoms. The van der Waals surface area contributed by atoms with Gasteiger partial charge < -0.3 is 15.2 Å². The summed E-state index contributed by atoms with van der Waals surface area (Å²) < 4.78 is 10.2. The van der Waals surface area contributed by atoms with E-state index in [9.17, 15) is 4.79 Å². The fraction of sp³-hybridized carbons (Fsp3) is 0.571. The van der Waals surface area contributed by atoms with Gasteiger partial charge in [-0.2, -0.15) is 0 Å². The summed E-state index contributed by atoms with van der Waals surface area (Å²) in [6, 6.07) is 2.60. The number of nitrogens with two attached hydrogens (primary N) is 1. The van der Waals surface area contributed by atoms with E-state index in [4.69, 9.17) is 10.5 Å². The minimum Gasteiger partial charge on any atom is -0.492 e. The van der Waals surface area contributed by atoms with Crippen LogP contribution in [0.4, 0.5) is 0 Å². The second kappa shape index (κ2) is 7.74. The number of hydrogen-bond acceptors (Lipinski definition) is 5. The van der Waals surface area contributed by atoms with Gasteiger partial charge >= 0.3 is 5.97 Å². The minimum absolute atomic E-state index is 0.473. The molecule has 0 saturated heterocycles. The fourth-order valence-electron chi connectivity index (χ4n) is 1.72. The van der Waals surface area contributed by atoms with E-state index in [1.165, 1.54) is 7.11 Å². The average molecular weight is 266 g/mol. The van der Waals surface area contributed by atoms with Crippen molar-refractivity contribution in [2.45, 2.75) is 32.7 Å². The van der Waals surface area contributed by atoms with E-state index in [1.807, 2.05) is 0 Å². The van der Waals surface area contributed by atoms with Crippen molar-refractivity contribution in [1.29, 1.82) is 0 Å². The second-order valence-corrected chi connectivity index (χ2v) is 4.62. The molecule has 0 saturated carbocycles. The van der Waals surface area contributed by atoms with Gasteiger partial charge in [0.15, 0.2) is 0 Å². The van der Waals surface area contributed by atoms with Crippen molar-refractivity contribution in [1.82, 2.24) is 4.98 Å². The smallest absolute Gasteiger partial charge is 0.328 e. The Morgan fingerprint density at radius 2 is 2.21 bits per heavy atom. The molecular formula is C14H22N2O3. The molecule has 0 aromatic carbocycles. The first-order valence-corrected chi connectivity index (χ1v) is 6.50. The van der Waals surface area contributed by atoms with Crippen LogP contribution in [0.1, 0.15) is 38.4 Å². The largest absolute Gasteiger partial charge is 0.492 e. The van der Waals surface area contributed by atoms with Crippen molar-refractivity contribution in [3.8, 4) is 5.75 Å². The van der Waals surface area contributed by atoms with Crippen LogP contribution in [0.3, 0.4) is 0 Å². The van der Waals surface area contributed by atoms with Gasteiger partial charge in [-0.05, 0) is 24.5 Å². The number of carbonyl (C=O) groups excluding carboxylic acids is 1. The molecule has 0 aliphatic heterocycles. The summed E-state index contributed by atoms with van der Waals surface area (Å²) in [5.41, 5.74) is 6.16. The number of ether oxygens (including phenoxy) is 2. The highest BCUT2D eigenvalue weighted by Crippen LogP contribution is 2.15. The van der Waals surface area contributed by atoms with Crippen LogP contribution in [0, 0.1) is 5.92 Å². The number of hydrogen-bond donors (Lipinski definition) is 1. The Kier molecular flexibility index (Phi) is 6.29. The Hall–Kier alpha value is -1.62. The van der Waals surface area contributed by atoms with Gasteiger partial charge in [-0.1, -0.05) is 20.3 Å². The molecule has 0 aliphatic carbocycles. The number of esters is 1. The molecule has 1 aromatic heterocycles. The molecular weight excluding hydrogens is 244 g/mol. The summed E-state index contributed by atoms with van der Waals surface area (Å²) >= 11 is 0.